The van der Waals surface area contributed by atoms with E-state index in [-0.39, 0.29) is 6.03 Å². The third kappa shape index (κ3) is 4.37. The van der Waals surface area contributed by atoms with Crippen LogP contribution in [0.1, 0.15) is 30.7 Å². The van der Waals surface area contributed by atoms with Crippen LogP contribution in [0.25, 0.3) is 0 Å². The molecule has 0 spiro atoms. The lowest BCUT2D eigenvalue weighted by molar-refractivity contribution is 0.182. The van der Waals surface area contributed by atoms with Crippen molar-refractivity contribution in [2.45, 2.75) is 32.2 Å². The van der Waals surface area contributed by atoms with Crippen LogP contribution in [0.5, 0.6) is 0 Å². The Morgan fingerprint density at radius 1 is 1.33 bits per heavy atom. The highest BCUT2D eigenvalue weighted by atomic mass is 16.2. The first-order valence-electron chi connectivity index (χ1n) is 8.75. The van der Waals surface area contributed by atoms with Gasteiger partial charge in [0.15, 0.2) is 0 Å². The maximum absolute atomic E-state index is 12.1. The van der Waals surface area contributed by atoms with Gasteiger partial charge < -0.3 is 14.8 Å². The largest absolute Gasteiger partial charge is 0.338 e. The van der Waals surface area contributed by atoms with Crippen LogP contribution in [-0.4, -0.2) is 40.6 Å². The zero-order valence-corrected chi connectivity index (χ0v) is 14.3. The number of imidazole rings is 1. The minimum atomic E-state index is 0.0167. The molecule has 1 aliphatic carbocycles. The van der Waals surface area contributed by atoms with Gasteiger partial charge in [0.1, 0.15) is 5.82 Å². The Morgan fingerprint density at radius 2 is 2.12 bits per heavy atom. The van der Waals surface area contributed by atoms with E-state index in [1.165, 1.54) is 24.8 Å². The summed E-state index contributed by atoms with van der Waals surface area (Å²) in [5.41, 5.74) is 1.25. The third-order valence-corrected chi connectivity index (χ3v) is 4.73. The minimum Gasteiger partial charge on any atom is -0.338 e. The summed E-state index contributed by atoms with van der Waals surface area (Å²) in [6.07, 6.45) is 8.38. The van der Waals surface area contributed by atoms with Crippen molar-refractivity contribution < 1.29 is 4.79 Å². The number of nitrogens with one attached hydrogen (secondary N) is 1. The molecule has 2 amide bonds. The number of aromatic nitrogens is 2. The molecular weight excluding hydrogens is 300 g/mol. The molecule has 0 bridgehead atoms. The molecule has 0 saturated heterocycles. The Hall–Kier alpha value is -2.30. The van der Waals surface area contributed by atoms with Gasteiger partial charge in [-0.25, -0.2) is 9.78 Å². The van der Waals surface area contributed by atoms with E-state index >= 15 is 0 Å². The maximum atomic E-state index is 12.1. The van der Waals surface area contributed by atoms with E-state index in [2.05, 4.69) is 27.0 Å². The number of urea groups is 1. The third-order valence-electron chi connectivity index (χ3n) is 4.73. The van der Waals surface area contributed by atoms with Gasteiger partial charge in [-0.2, -0.15) is 0 Å². The number of rotatable bonds is 7. The highest BCUT2D eigenvalue weighted by Crippen LogP contribution is 2.26. The number of hydrogen-bond acceptors (Lipinski definition) is 2. The van der Waals surface area contributed by atoms with Crippen molar-refractivity contribution in [1.29, 1.82) is 0 Å². The molecule has 5 nitrogen and oxygen atoms in total. The Kier molecular flexibility index (Phi) is 5.51. The van der Waals surface area contributed by atoms with Gasteiger partial charge in [-0.15, -0.1) is 0 Å². The van der Waals surface area contributed by atoms with E-state index in [1.807, 2.05) is 37.6 Å². The molecule has 5 heteroatoms. The minimum absolute atomic E-state index is 0.0167. The maximum Gasteiger partial charge on any atom is 0.317 e. The van der Waals surface area contributed by atoms with Gasteiger partial charge in [-0.05, 0) is 24.3 Å². The molecule has 0 radical (unpaired) electrons. The molecule has 24 heavy (non-hydrogen) atoms. The highest BCUT2D eigenvalue weighted by Gasteiger charge is 2.21. The molecule has 1 aromatic heterocycles. The molecule has 3 rings (SSSR count). The van der Waals surface area contributed by atoms with Crippen LogP contribution >= 0.6 is 0 Å². The van der Waals surface area contributed by atoms with Crippen molar-refractivity contribution in [3.63, 3.8) is 0 Å². The highest BCUT2D eigenvalue weighted by molar-refractivity contribution is 5.73. The fourth-order valence-electron chi connectivity index (χ4n) is 3.05. The van der Waals surface area contributed by atoms with Crippen LogP contribution in [0.3, 0.4) is 0 Å². The van der Waals surface area contributed by atoms with Gasteiger partial charge in [0.25, 0.3) is 0 Å². The SMILES string of the molecule is CN(CC1CCC1)C(=O)NCCc1nccn1Cc1ccccc1. The van der Waals surface area contributed by atoms with E-state index < -0.39 is 0 Å². The van der Waals surface area contributed by atoms with E-state index in [1.54, 1.807) is 4.90 Å². The summed E-state index contributed by atoms with van der Waals surface area (Å²) in [7, 11) is 1.88. The molecule has 0 aliphatic heterocycles. The Labute approximate surface area is 143 Å². The Balaban J connectivity index is 1.45. The second-order valence-electron chi connectivity index (χ2n) is 6.62. The summed E-state index contributed by atoms with van der Waals surface area (Å²) in [6, 6.07) is 10.4. The summed E-state index contributed by atoms with van der Waals surface area (Å²) in [5, 5.41) is 3.00. The molecule has 1 saturated carbocycles. The van der Waals surface area contributed by atoms with E-state index in [9.17, 15) is 4.79 Å². The number of amides is 2. The average molecular weight is 326 g/mol. The predicted octanol–water partition coefficient (Wildman–Crippen LogP) is 2.92. The van der Waals surface area contributed by atoms with Crippen LogP contribution in [0, 0.1) is 5.92 Å². The Morgan fingerprint density at radius 3 is 2.83 bits per heavy atom. The number of carbonyl (C=O) groups is 1. The van der Waals surface area contributed by atoms with Crippen LogP contribution < -0.4 is 5.32 Å². The lowest BCUT2D eigenvalue weighted by Gasteiger charge is -2.30. The molecule has 128 valence electrons. The lowest BCUT2D eigenvalue weighted by atomic mass is 9.85. The first kappa shape index (κ1) is 16.6. The topological polar surface area (TPSA) is 50.2 Å². The van der Waals surface area contributed by atoms with E-state index in [0.717, 1.165) is 25.3 Å². The van der Waals surface area contributed by atoms with Crippen molar-refractivity contribution in [2.24, 2.45) is 5.92 Å². The fraction of sp³-hybridized carbons (Fsp3) is 0.474. The fourth-order valence-corrected chi connectivity index (χ4v) is 3.05. The quantitative estimate of drug-likeness (QED) is 0.850. The van der Waals surface area contributed by atoms with Crippen LogP contribution in [0.2, 0.25) is 0 Å². The summed E-state index contributed by atoms with van der Waals surface area (Å²) in [6.45, 7) is 2.29. The first-order chi connectivity index (χ1) is 11.7. The monoisotopic (exact) mass is 326 g/mol. The van der Waals surface area contributed by atoms with Gasteiger partial charge >= 0.3 is 6.03 Å². The summed E-state index contributed by atoms with van der Waals surface area (Å²) in [4.78, 5) is 18.3. The molecule has 1 heterocycles. The van der Waals surface area contributed by atoms with Gasteiger partial charge in [0.05, 0.1) is 0 Å². The number of carbonyl (C=O) groups excluding carboxylic acids is 1. The lowest BCUT2D eigenvalue weighted by Crippen LogP contribution is -2.41. The molecule has 0 unspecified atom stereocenters. The zero-order chi connectivity index (χ0) is 16.8. The van der Waals surface area contributed by atoms with Gasteiger partial charge in [-0.1, -0.05) is 36.8 Å². The van der Waals surface area contributed by atoms with Crippen LogP contribution in [0.4, 0.5) is 4.79 Å². The van der Waals surface area contributed by atoms with Crippen molar-refractivity contribution in [2.75, 3.05) is 20.1 Å². The van der Waals surface area contributed by atoms with E-state index in [0.29, 0.717) is 12.5 Å². The number of hydrogen-bond donors (Lipinski definition) is 1. The molecule has 0 atom stereocenters. The predicted molar refractivity (Wildman–Crippen MR) is 94.8 cm³/mol. The average Bonchev–Trinajstić information content (AvgIpc) is 2.98. The Bertz CT molecular complexity index is 648. The van der Waals surface area contributed by atoms with Crippen molar-refractivity contribution >= 4 is 6.03 Å². The summed E-state index contributed by atoms with van der Waals surface area (Å²) < 4.78 is 2.14. The molecule has 1 aliphatic rings. The second-order valence-corrected chi connectivity index (χ2v) is 6.62. The second kappa shape index (κ2) is 7.99. The zero-order valence-electron chi connectivity index (χ0n) is 14.3. The van der Waals surface area contributed by atoms with Gasteiger partial charge in [0.2, 0.25) is 0 Å². The number of nitrogens with zero attached hydrogens (tertiary/aromatic N) is 3. The molecule has 1 fully saturated rings. The van der Waals surface area contributed by atoms with Gasteiger partial charge in [-0.3, -0.25) is 0 Å². The first-order valence-corrected chi connectivity index (χ1v) is 8.75. The molecular formula is C19H26N4O. The van der Waals surface area contributed by atoms with E-state index in [4.69, 9.17) is 0 Å². The standard InChI is InChI=1S/C19H26N4O/c1-22(14-16-8-5-9-16)19(24)21-11-10-18-20-12-13-23(18)15-17-6-3-2-4-7-17/h2-4,6-7,12-13,16H,5,8-11,14-15H2,1H3,(H,21,24). The van der Waals surface area contributed by atoms with Crippen LogP contribution in [0.15, 0.2) is 42.7 Å². The summed E-state index contributed by atoms with van der Waals surface area (Å²) in [5.74, 6) is 1.70. The molecule has 1 N–H and O–H groups in total. The smallest absolute Gasteiger partial charge is 0.317 e. The normalized spacial score (nSPS) is 14.2. The molecule has 1 aromatic carbocycles. The van der Waals surface area contributed by atoms with Gasteiger partial charge in [0, 0.05) is 45.5 Å². The van der Waals surface area contributed by atoms with Crippen molar-refractivity contribution in [3.8, 4) is 0 Å². The van der Waals surface area contributed by atoms with Crippen molar-refractivity contribution in [1.82, 2.24) is 19.8 Å². The van der Waals surface area contributed by atoms with Crippen LogP contribution in [-0.2, 0) is 13.0 Å². The van der Waals surface area contributed by atoms with Crippen molar-refractivity contribution in [3.05, 3.63) is 54.1 Å². The summed E-state index contributed by atoms with van der Waals surface area (Å²) >= 11 is 0. The number of benzene rings is 1. The molecule has 2 aromatic rings.